The quantitative estimate of drug-likeness (QED) is 0.550. The van der Waals surface area contributed by atoms with Crippen LogP contribution < -0.4 is 5.32 Å². The fourth-order valence-electron chi connectivity index (χ4n) is 1.77. The van der Waals surface area contributed by atoms with Crippen molar-refractivity contribution < 1.29 is 4.79 Å². The van der Waals surface area contributed by atoms with E-state index in [4.69, 9.17) is 11.6 Å². The van der Waals surface area contributed by atoms with E-state index in [0.717, 1.165) is 18.5 Å². The summed E-state index contributed by atoms with van der Waals surface area (Å²) in [6.45, 7) is 0.759. The van der Waals surface area contributed by atoms with Crippen molar-refractivity contribution >= 4 is 29.3 Å². The lowest BCUT2D eigenvalue weighted by Crippen LogP contribution is -2.24. The molecule has 0 aliphatic heterocycles. The second kappa shape index (κ2) is 10.2. The SMILES string of the molecule is CSCCCCCCNC(=O)c1ccc(CCl)cc1. The minimum Gasteiger partial charge on any atom is -0.352 e. The monoisotopic (exact) mass is 299 g/mol. The Balaban J connectivity index is 2.16. The first kappa shape index (κ1) is 16.4. The summed E-state index contributed by atoms with van der Waals surface area (Å²) in [4.78, 5) is 11.8. The van der Waals surface area contributed by atoms with Crippen molar-refractivity contribution in [2.75, 3.05) is 18.6 Å². The van der Waals surface area contributed by atoms with Gasteiger partial charge in [-0.05, 0) is 42.5 Å². The van der Waals surface area contributed by atoms with Gasteiger partial charge in [-0.25, -0.2) is 0 Å². The second-order valence-electron chi connectivity index (χ2n) is 4.49. The van der Waals surface area contributed by atoms with E-state index in [2.05, 4.69) is 11.6 Å². The highest BCUT2D eigenvalue weighted by atomic mass is 35.5. The summed E-state index contributed by atoms with van der Waals surface area (Å²) < 4.78 is 0. The zero-order valence-corrected chi connectivity index (χ0v) is 13.0. The number of hydrogen-bond donors (Lipinski definition) is 1. The van der Waals surface area contributed by atoms with Crippen LogP contribution in [0, 0.1) is 0 Å². The smallest absolute Gasteiger partial charge is 0.251 e. The molecule has 0 aliphatic carbocycles. The highest BCUT2D eigenvalue weighted by Crippen LogP contribution is 2.07. The molecule has 1 aromatic rings. The average Bonchev–Trinajstić information content (AvgIpc) is 2.46. The molecule has 2 nitrogen and oxygen atoms in total. The molecule has 1 aromatic carbocycles. The first-order chi connectivity index (χ1) is 9.27. The number of carbonyl (C=O) groups is 1. The molecular weight excluding hydrogens is 278 g/mol. The fourth-order valence-corrected chi connectivity index (χ4v) is 2.45. The number of carbonyl (C=O) groups excluding carboxylic acids is 1. The van der Waals surface area contributed by atoms with Crippen molar-refractivity contribution in [3.05, 3.63) is 35.4 Å². The van der Waals surface area contributed by atoms with Crippen molar-refractivity contribution in [3.63, 3.8) is 0 Å². The van der Waals surface area contributed by atoms with Gasteiger partial charge in [-0.15, -0.1) is 11.6 Å². The molecule has 0 bridgehead atoms. The summed E-state index contributed by atoms with van der Waals surface area (Å²) in [5.41, 5.74) is 1.74. The van der Waals surface area contributed by atoms with Gasteiger partial charge < -0.3 is 5.32 Å². The molecule has 4 heteroatoms. The van der Waals surface area contributed by atoms with E-state index in [9.17, 15) is 4.79 Å². The second-order valence-corrected chi connectivity index (χ2v) is 5.75. The Bertz CT molecular complexity index is 367. The number of nitrogens with one attached hydrogen (secondary N) is 1. The van der Waals surface area contributed by atoms with Gasteiger partial charge in [-0.3, -0.25) is 4.79 Å². The minimum absolute atomic E-state index is 0.00485. The molecule has 1 N–H and O–H groups in total. The number of alkyl halides is 1. The van der Waals surface area contributed by atoms with E-state index in [0.29, 0.717) is 11.4 Å². The molecule has 0 radical (unpaired) electrons. The van der Waals surface area contributed by atoms with Crippen molar-refractivity contribution in [1.82, 2.24) is 5.32 Å². The van der Waals surface area contributed by atoms with E-state index < -0.39 is 0 Å². The maximum atomic E-state index is 11.8. The lowest BCUT2D eigenvalue weighted by atomic mass is 10.1. The van der Waals surface area contributed by atoms with Gasteiger partial charge in [0.2, 0.25) is 0 Å². The third-order valence-electron chi connectivity index (χ3n) is 2.93. The number of rotatable bonds is 9. The molecular formula is C15H22ClNOS. The van der Waals surface area contributed by atoms with E-state index >= 15 is 0 Å². The molecule has 0 atom stereocenters. The highest BCUT2D eigenvalue weighted by Gasteiger charge is 2.03. The Morgan fingerprint density at radius 2 is 1.84 bits per heavy atom. The van der Waals surface area contributed by atoms with Crippen molar-refractivity contribution in [2.24, 2.45) is 0 Å². The van der Waals surface area contributed by atoms with E-state index in [-0.39, 0.29) is 5.91 Å². The maximum absolute atomic E-state index is 11.8. The Hall–Kier alpha value is -0.670. The molecule has 0 heterocycles. The van der Waals surface area contributed by atoms with Crippen LogP contribution in [0.5, 0.6) is 0 Å². The van der Waals surface area contributed by atoms with E-state index in [1.54, 1.807) is 0 Å². The number of halogens is 1. The van der Waals surface area contributed by atoms with Gasteiger partial charge in [0.05, 0.1) is 0 Å². The van der Waals surface area contributed by atoms with Crippen LogP contribution in [0.15, 0.2) is 24.3 Å². The summed E-state index contributed by atoms with van der Waals surface area (Å²) in [7, 11) is 0. The predicted molar refractivity (Wildman–Crippen MR) is 85.2 cm³/mol. The average molecular weight is 300 g/mol. The summed E-state index contributed by atoms with van der Waals surface area (Å²) >= 11 is 7.60. The molecule has 0 saturated heterocycles. The van der Waals surface area contributed by atoms with Crippen LogP contribution in [0.25, 0.3) is 0 Å². The van der Waals surface area contributed by atoms with Crippen LogP contribution in [0.2, 0.25) is 0 Å². The number of hydrogen-bond acceptors (Lipinski definition) is 2. The molecule has 0 spiro atoms. The maximum Gasteiger partial charge on any atom is 0.251 e. The summed E-state index contributed by atoms with van der Waals surface area (Å²) in [6.07, 6.45) is 6.90. The molecule has 1 rings (SSSR count). The molecule has 19 heavy (non-hydrogen) atoms. The first-order valence-electron chi connectivity index (χ1n) is 6.70. The van der Waals surface area contributed by atoms with Crippen LogP contribution in [-0.2, 0) is 5.88 Å². The molecule has 106 valence electrons. The van der Waals surface area contributed by atoms with Crippen LogP contribution in [0.3, 0.4) is 0 Å². The Morgan fingerprint density at radius 1 is 1.16 bits per heavy atom. The molecule has 0 saturated carbocycles. The normalized spacial score (nSPS) is 10.4. The minimum atomic E-state index is 0.00485. The van der Waals surface area contributed by atoms with E-state index in [1.165, 1.54) is 25.0 Å². The highest BCUT2D eigenvalue weighted by molar-refractivity contribution is 7.98. The Labute approximate surface area is 125 Å². The van der Waals surface area contributed by atoms with Gasteiger partial charge in [0.1, 0.15) is 0 Å². The number of thioether (sulfide) groups is 1. The van der Waals surface area contributed by atoms with Crippen molar-refractivity contribution in [3.8, 4) is 0 Å². The van der Waals surface area contributed by atoms with Crippen LogP contribution in [0.1, 0.15) is 41.6 Å². The molecule has 0 aliphatic rings. The standard InChI is InChI=1S/C15H22ClNOS/c1-19-11-5-3-2-4-10-17-15(18)14-8-6-13(12-16)7-9-14/h6-9H,2-5,10-12H2,1H3,(H,17,18). The largest absolute Gasteiger partial charge is 0.352 e. The summed E-state index contributed by atoms with van der Waals surface area (Å²) in [5, 5.41) is 2.95. The van der Waals surface area contributed by atoms with Gasteiger partial charge in [0, 0.05) is 18.0 Å². The Kier molecular flexibility index (Phi) is 8.76. The summed E-state index contributed by atoms with van der Waals surface area (Å²) in [6, 6.07) is 7.44. The zero-order chi connectivity index (χ0) is 13.9. The van der Waals surface area contributed by atoms with Gasteiger partial charge in [-0.2, -0.15) is 11.8 Å². The number of amides is 1. The Morgan fingerprint density at radius 3 is 2.47 bits per heavy atom. The van der Waals surface area contributed by atoms with Crippen molar-refractivity contribution in [2.45, 2.75) is 31.6 Å². The third-order valence-corrected chi connectivity index (χ3v) is 3.94. The summed E-state index contributed by atoms with van der Waals surface area (Å²) in [5.74, 6) is 1.72. The van der Waals surface area contributed by atoms with Gasteiger partial charge in [0.15, 0.2) is 0 Å². The van der Waals surface area contributed by atoms with Gasteiger partial charge in [-0.1, -0.05) is 25.0 Å². The fraction of sp³-hybridized carbons (Fsp3) is 0.533. The van der Waals surface area contributed by atoms with Crippen LogP contribution in [-0.4, -0.2) is 24.5 Å². The van der Waals surface area contributed by atoms with Gasteiger partial charge in [0.25, 0.3) is 5.91 Å². The molecule has 0 fully saturated rings. The predicted octanol–water partition coefficient (Wildman–Crippen LogP) is 4.08. The molecule has 1 amide bonds. The van der Waals surface area contributed by atoms with Crippen LogP contribution >= 0.6 is 23.4 Å². The van der Waals surface area contributed by atoms with Gasteiger partial charge >= 0.3 is 0 Å². The molecule has 0 aromatic heterocycles. The van der Waals surface area contributed by atoms with Crippen LogP contribution in [0.4, 0.5) is 0 Å². The zero-order valence-electron chi connectivity index (χ0n) is 11.5. The lowest BCUT2D eigenvalue weighted by Gasteiger charge is -2.05. The lowest BCUT2D eigenvalue weighted by molar-refractivity contribution is 0.0953. The third kappa shape index (κ3) is 6.88. The number of benzene rings is 1. The topological polar surface area (TPSA) is 29.1 Å². The van der Waals surface area contributed by atoms with Crippen molar-refractivity contribution in [1.29, 1.82) is 0 Å². The first-order valence-corrected chi connectivity index (χ1v) is 8.63. The molecule has 0 unspecified atom stereocenters. The number of unbranched alkanes of at least 4 members (excludes halogenated alkanes) is 3. The van der Waals surface area contributed by atoms with E-state index in [1.807, 2.05) is 36.0 Å².